The van der Waals surface area contributed by atoms with Crippen LogP contribution in [0, 0.1) is 6.92 Å². The first-order valence-electron chi connectivity index (χ1n) is 5.01. The van der Waals surface area contributed by atoms with E-state index in [1.165, 1.54) is 6.07 Å². The van der Waals surface area contributed by atoms with E-state index < -0.39 is 16.1 Å². The molecule has 1 aliphatic heterocycles. The Labute approximate surface area is 105 Å². The normalized spacial score (nSPS) is 21.9. The molecule has 0 unspecified atom stereocenters. The number of β-amino-alcohol motifs (C(OH)–C–C–N with tert-alkyl or cyclic N) is 1. The Morgan fingerprint density at radius 2 is 2.24 bits per heavy atom. The van der Waals surface area contributed by atoms with Crippen molar-refractivity contribution in [3.05, 3.63) is 28.8 Å². The monoisotopic (exact) mass is 277 g/mol. The minimum atomic E-state index is -3.76. The summed E-state index contributed by atoms with van der Waals surface area (Å²) in [5.74, 6) is 0. The van der Waals surface area contributed by atoms with Crippen LogP contribution in [0.15, 0.2) is 23.1 Å². The first kappa shape index (κ1) is 12.8. The lowest BCUT2D eigenvalue weighted by Crippen LogP contribution is -2.29. The van der Waals surface area contributed by atoms with Gasteiger partial charge in [-0.1, -0.05) is 22.1 Å². The van der Waals surface area contributed by atoms with E-state index in [1.807, 2.05) is 0 Å². The van der Waals surface area contributed by atoms with Crippen LogP contribution in [-0.4, -0.2) is 37.2 Å². The molecule has 0 bridgehead atoms. The van der Waals surface area contributed by atoms with Gasteiger partial charge in [0.05, 0.1) is 24.2 Å². The number of benzene rings is 1. The quantitative estimate of drug-likeness (QED) is 0.874. The van der Waals surface area contributed by atoms with Crippen molar-refractivity contribution in [2.45, 2.75) is 17.9 Å². The Kier molecular flexibility index (Phi) is 3.42. The highest BCUT2D eigenvalue weighted by molar-refractivity contribution is 7.89. The number of nitrogens with zero attached hydrogens (tertiary/aromatic N) is 1. The van der Waals surface area contributed by atoms with Crippen molar-refractivity contribution in [2.24, 2.45) is 0 Å². The van der Waals surface area contributed by atoms with Crippen molar-refractivity contribution >= 4 is 21.6 Å². The van der Waals surface area contributed by atoms with Gasteiger partial charge in [-0.2, -0.15) is 0 Å². The van der Waals surface area contributed by atoms with Crippen LogP contribution in [0.3, 0.4) is 0 Å². The van der Waals surface area contributed by atoms with Gasteiger partial charge >= 0.3 is 0 Å². The molecule has 0 spiro atoms. The zero-order valence-electron chi connectivity index (χ0n) is 9.13. The number of aliphatic hydroxyl groups excluding tert-OH is 1. The molecule has 0 amide bonds. The average molecular weight is 278 g/mol. The van der Waals surface area contributed by atoms with Crippen LogP contribution in [0.5, 0.6) is 0 Å². The summed E-state index contributed by atoms with van der Waals surface area (Å²) in [7, 11) is -3.76. The molecule has 1 atom stereocenters. The predicted molar refractivity (Wildman–Crippen MR) is 62.0 cm³/mol. The average Bonchev–Trinajstić information content (AvgIpc) is 2.69. The number of sulfonamides is 1. The summed E-state index contributed by atoms with van der Waals surface area (Å²) in [6.45, 7) is 1.60. The second-order valence-corrected chi connectivity index (χ2v) is 6.08. The second kappa shape index (κ2) is 4.55. The highest BCUT2D eigenvalue weighted by atomic mass is 35.5. The Morgan fingerprint density at radius 1 is 1.53 bits per heavy atom. The lowest BCUT2D eigenvalue weighted by atomic mass is 10.2. The van der Waals surface area contributed by atoms with Gasteiger partial charge in [0.1, 0.15) is 0 Å². The fourth-order valence-electron chi connectivity index (χ4n) is 1.58. The van der Waals surface area contributed by atoms with E-state index in [4.69, 9.17) is 16.4 Å². The summed E-state index contributed by atoms with van der Waals surface area (Å²) in [5, 5.41) is 9.62. The van der Waals surface area contributed by atoms with Crippen molar-refractivity contribution in [2.75, 3.05) is 13.2 Å². The molecular weight excluding hydrogens is 266 g/mol. The molecule has 5 nitrogen and oxygen atoms in total. The van der Waals surface area contributed by atoms with Crippen LogP contribution in [0.2, 0.25) is 5.02 Å². The van der Waals surface area contributed by atoms with E-state index in [0.717, 1.165) is 4.47 Å². The topological polar surface area (TPSA) is 66.8 Å². The summed E-state index contributed by atoms with van der Waals surface area (Å²) in [5.41, 5.74) is 0.583. The molecule has 1 aromatic carbocycles. The number of aliphatic hydroxyl groups is 1. The van der Waals surface area contributed by atoms with Crippen LogP contribution in [0.4, 0.5) is 0 Å². The maximum atomic E-state index is 12.2. The Balaban J connectivity index is 2.41. The maximum absolute atomic E-state index is 12.2. The van der Waals surface area contributed by atoms with Crippen molar-refractivity contribution in [1.82, 2.24) is 4.47 Å². The number of hydroxylamine groups is 1. The molecule has 1 saturated heterocycles. The van der Waals surface area contributed by atoms with Gasteiger partial charge in [-0.05, 0) is 24.6 Å². The molecular formula is C10H12ClNO4S. The molecule has 1 fully saturated rings. The molecule has 2 rings (SSSR count). The summed E-state index contributed by atoms with van der Waals surface area (Å²) in [6, 6.07) is 4.62. The molecule has 1 aliphatic rings. The number of hydrogen-bond acceptors (Lipinski definition) is 4. The van der Waals surface area contributed by atoms with E-state index in [9.17, 15) is 13.5 Å². The molecule has 17 heavy (non-hydrogen) atoms. The van der Waals surface area contributed by atoms with Gasteiger partial charge in [-0.3, -0.25) is 4.84 Å². The van der Waals surface area contributed by atoms with E-state index in [0.29, 0.717) is 10.6 Å². The molecule has 0 aliphatic carbocycles. The SMILES string of the molecule is Cc1ccc(Cl)cc1S(=O)(=O)N1C[C@H](O)CO1. The van der Waals surface area contributed by atoms with Gasteiger partial charge in [-0.25, -0.2) is 8.42 Å². The Hall–Kier alpha value is -0.660. The summed E-state index contributed by atoms with van der Waals surface area (Å²) >= 11 is 5.79. The van der Waals surface area contributed by atoms with E-state index in [-0.39, 0.29) is 18.0 Å². The summed E-state index contributed by atoms with van der Waals surface area (Å²) in [6.07, 6.45) is -0.788. The number of aryl methyl sites for hydroxylation is 1. The lowest BCUT2D eigenvalue weighted by Gasteiger charge is -2.15. The highest BCUT2D eigenvalue weighted by Gasteiger charge is 2.34. The van der Waals surface area contributed by atoms with Crippen molar-refractivity contribution in [3.63, 3.8) is 0 Å². The molecule has 1 heterocycles. The molecule has 1 N–H and O–H groups in total. The van der Waals surface area contributed by atoms with Gasteiger partial charge in [0.2, 0.25) is 0 Å². The summed E-state index contributed by atoms with van der Waals surface area (Å²) < 4.78 is 25.2. The van der Waals surface area contributed by atoms with Crippen LogP contribution in [-0.2, 0) is 14.9 Å². The number of rotatable bonds is 2. The first-order valence-corrected chi connectivity index (χ1v) is 6.83. The van der Waals surface area contributed by atoms with E-state index >= 15 is 0 Å². The molecule has 1 aromatic rings. The van der Waals surface area contributed by atoms with Crippen molar-refractivity contribution in [3.8, 4) is 0 Å². The minimum Gasteiger partial charge on any atom is -0.389 e. The smallest absolute Gasteiger partial charge is 0.265 e. The minimum absolute atomic E-state index is 0.0150. The third kappa shape index (κ3) is 2.46. The fourth-order valence-corrected chi connectivity index (χ4v) is 3.35. The second-order valence-electron chi connectivity index (χ2n) is 3.85. The van der Waals surface area contributed by atoms with Gasteiger partial charge in [0, 0.05) is 5.02 Å². The van der Waals surface area contributed by atoms with Gasteiger partial charge < -0.3 is 5.11 Å². The molecule has 7 heteroatoms. The zero-order valence-corrected chi connectivity index (χ0v) is 10.7. The fraction of sp³-hybridized carbons (Fsp3) is 0.400. The highest BCUT2D eigenvalue weighted by Crippen LogP contribution is 2.25. The summed E-state index contributed by atoms with van der Waals surface area (Å²) in [4.78, 5) is 5.03. The van der Waals surface area contributed by atoms with Gasteiger partial charge in [0.25, 0.3) is 10.0 Å². The lowest BCUT2D eigenvalue weighted by molar-refractivity contribution is -0.0317. The third-order valence-corrected chi connectivity index (χ3v) is 4.49. The number of hydrogen-bond donors (Lipinski definition) is 1. The standard InChI is InChI=1S/C10H12ClNO4S/c1-7-2-3-8(11)4-10(7)17(14,15)12-5-9(13)6-16-12/h2-4,9,13H,5-6H2,1H3/t9-/m0/s1. The largest absolute Gasteiger partial charge is 0.389 e. The van der Waals surface area contributed by atoms with Crippen LogP contribution in [0.1, 0.15) is 5.56 Å². The molecule has 94 valence electrons. The maximum Gasteiger partial charge on any atom is 0.265 e. The van der Waals surface area contributed by atoms with Crippen molar-refractivity contribution < 1.29 is 18.4 Å². The predicted octanol–water partition coefficient (Wildman–Crippen LogP) is 0.945. The van der Waals surface area contributed by atoms with Gasteiger partial charge in [0.15, 0.2) is 0 Å². The molecule has 0 saturated carbocycles. The zero-order chi connectivity index (χ0) is 12.6. The van der Waals surface area contributed by atoms with E-state index in [1.54, 1.807) is 19.1 Å². The van der Waals surface area contributed by atoms with Crippen LogP contribution < -0.4 is 0 Å². The van der Waals surface area contributed by atoms with Gasteiger partial charge in [-0.15, -0.1) is 0 Å². The van der Waals surface area contributed by atoms with Crippen molar-refractivity contribution in [1.29, 1.82) is 0 Å². The molecule has 0 aromatic heterocycles. The molecule has 0 radical (unpaired) electrons. The van der Waals surface area contributed by atoms with E-state index in [2.05, 4.69) is 0 Å². The Morgan fingerprint density at radius 3 is 2.82 bits per heavy atom. The number of halogens is 1. The van der Waals surface area contributed by atoms with Crippen LogP contribution in [0.25, 0.3) is 0 Å². The Bertz CT molecular complexity index is 531. The third-order valence-electron chi connectivity index (χ3n) is 2.47. The first-order chi connectivity index (χ1) is 7.91. The van der Waals surface area contributed by atoms with Crippen LogP contribution >= 0.6 is 11.6 Å².